The summed E-state index contributed by atoms with van der Waals surface area (Å²) < 4.78 is 22.0. The van der Waals surface area contributed by atoms with Gasteiger partial charge in [0.05, 0.1) is 15.7 Å². The third-order valence-electron chi connectivity index (χ3n) is 7.64. The second kappa shape index (κ2) is 10.7. The summed E-state index contributed by atoms with van der Waals surface area (Å²) in [6.45, 7) is 12.8. The van der Waals surface area contributed by atoms with Gasteiger partial charge < -0.3 is 4.74 Å². The second-order valence-corrected chi connectivity index (χ2v) is 16.2. The topological polar surface area (TPSA) is 29.5 Å². The highest BCUT2D eigenvalue weighted by Gasteiger charge is 2.39. The third-order valence-corrected chi connectivity index (χ3v) is 12.0. The number of nitrogens with zero attached hydrogens (tertiary/aromatic N) is 1. The summed E-state index contributed by atoms with van der Waals surface area (Å²) in [6, 6.07) is 34.5. The number of hydrogen-bond donors (Lipinski definition) is 0. The number of para-hydroxylation sites is 2. The van der Waals surface area contributed by atoms with Crippen LogP contribution in [0.1, 0.15) is 64.3 Å². The van der Waals surface area contributed by atoms with Crippen LogP contribution in [0.2, 0.25) is 0 Å². The zero-order chi connectivity index (χ0) is 27.9. The zero-order valence-corrected chi connectivity index (χ0v) is 25.6. The second-order valence-electron chi connectivity index (χ2n) is 11.7. The minimum Gasteiger partial charge on any atom is -0.456 e. The molecule has 0 aromatic heterocycles. The molecule has 2 unspecified atom stereocenters. The largest absolute Gasteiger partial charge is 0.456 e. The van der Waals surface area contributed by atoms with Gasteiger partial charge in [0.15, 0.2) is 0 Å². The number of ether oxygens (including phenoxy) is 1. The van der Waals surface area contributed by atoms with Gasteiger partial charge >= 0.3 is 0 Å². The van der Waals surface area contributed by atoms with Gasteiger partial charge in [0.2, 0.25) is 0 Å². The first-order chi connectivity index (χ1) is 18.5. The van der Waals surface area contributed by atoms with Crippen molar-refractivity contribution in [1.82, 2.24) is 4.31 Å². The zero-order valence-electron chi connectivity index (χ0n) is 23.9. The molecule has 0 saturated heterocycles. The van der Waals surface area contributed by atoms with E-state index < -0.39 is 18.9 Å². The Morgan fingerprint density at radius 3 is 1.82 bits per heavy atom. The molecule has 5 heteroatoms. The molecule has 39 heavy (non-hydrogen) atoms. The Hall–Kier alpha value is -2.78. The highest BCUT2D eigenvalue weighted by molar-refractivity contribution is 7.84. The number of hydrogen-bond acceptors (Lipinski definition) is 2. The van der Waals surface area contributed by atoms with Crippen molar-refractivity contribution < 1.29 is 8.95 Å². The Balaban J connectivity index is 1.68. The van der Waals surface area contributed by atoms with Crippen molar-refractivity contribution in [1.29, 1.82) is 0 Å². The summed E-state index contributed by atoms with van der Waals surface area (Å²) >= 11 is 0. The van der Waals surface area contributed by atoms with Gasteiger partial charge in [-0.2, -0.15) is 0 Å². The molecule has 202 valence electrons. The standard InChI is InChI=1S/C34H38NO2PS/c1-24(35(7)39(36)33(2,3)4)27-20-14-21-28-31(27)37-32-29(34(28,5)6)22-15-23-30(32)38(25-16-10-8-11-17-25)26-18-12-9-13-19-26/h8-24H,1-7H3. The Bertz CT molecular complexity index is 1460. The lowest BCUT2D eigenvalue weighted by atomic mass is 9.75. The molecule has 0 bridgehead atoms. The summed E-state index contributed by atoms with van der Waals surface area (Å²) in [5, 5.41) is 3.80. The van der Waals surface area contributed by atoms with Crippen molar-refractivity contribution in [3.8, 4) is 11.5 Å². The molecule has 1 heterocycles. The average Bonchev–Trinajstić information content (AvgIpc) is 2.93. The Labute approximate surface area is 237 Å². The molecule has 2 atom stereocenters. The SMILES string of the molecule is CC(c1cccc2c1Oc1c(P(c3ccccc3)c3ccccc3)cccc1C2(C)C)N(C)S(=O)C(C)(C)C. The van der Waals surface area contributed by atoms with Crippen LogP contribution < -0.4 is 20.7 Å². The summed E-state index contributed by atoms with van der Waals surface area (Å²) in [5.41, 5.74) is 3.16. The fraction of sp³-hybridized carbons (Fsp3) is 0.294. The van der Waals surface area contributed by atoms with Crippen LogP contribution in [0, 0.1) is 0 Å². The Kier molecular flexibility index (Phi) is 7.59. The van der Waals surface area contributed by atoms with Crippen molar-refractivity contribution >= 4 is 34.8 Å². The first kappa shape index (κ1) is 27.8. The summed E-state index contributed by atoms with van der Waals surface area (Å²) in [5.74, 6) is 1.84. The van der Waals surface area contributed by atoms with Crippen LogP contribution in [0.25, 0.3) is 0 Å². The lowest BCUT2D eigenvalue weighted by Gasteiger charge is -2.39. The van der Waals surface area contributed by atoms with Crippen molar-refractivity contribution in [2.45, 2.75) is 57.7 Å². The lowest BCUT2D eigenvalue weighted by Crippen LogP contribution is -2.37. The molecule has 1 aliphatic heterocycles. The van der Waals surface area contributed by atoms with Gasteiger partial charge in [-0.05, 0) is 46.2 Å². The van der Waals surface area contributed by atoms with E-state index in [2.05, 4.69) is 118 Å². The van der Waals surface area contributed by atoms with E-state index >= 15 is 0 Å². The Morgan fingerprint density at radius 2 is 1.28 bits per heavy atom. The van der Waals surface area contributed by atoms with Crippen molar-refractivity contribution in [2.24, 2.45) is 0 Å². The fourth-order valence-corrected chi connectivity index (χ4v) is 9.05. The van der Waals surface area contributed by atoms with Crippen LogP contribution >= 0.6 is 7.92 Å². The maximum atomic E-state index is 13.3. The van der Waals surface area contributed by atoms with E-state index in [1.54, 1.807) is 0 Å². The maximum Gasteiger partial charge on any atom is 0.139 e. The van der Waals surface area contributed by atoms with Crippen molar-refractivity contribution in [2.75, 3.05) is 7.05 Å². The lowest BCUT2D eigenvalue weighted by molar-refractivity contribution is 0.379. The van der Waals surface area contributed by atoms with E-state index in [9.17, 15) is 4.21 Å². The van der Waals surface area contributed by atoms with Crippen molar-refractivity contribution in [3.63, 3.8) is 0 Å². The molecule has 4 aromatic rings. The predicted octanol–water partition coefficient (Wildman–Crippen LogP) is 7.33. The van der Waals surface area contributed by atoms with Gasteiger partial charge in [-0.3, -0.25) is 0 Å². The van der Waals surface area contributed by atoms with Crippen molar-refractivity contribution in [3.05, 3.63) is 114 Å². The van der Waals surface area contributed by atoms with Gasteiger partial charge in [-0.15, -0.1) is 0 Å². The monoisotopic (exact) mass is 555 g/mol. The van der Waals surface area contributed by atoms with E-state index in [1.165, 1.54) is 21.5 Å². The molecule has 0 spiro atoms. The van der Waals surface area contributed by atoms with Gasteiger partial charge in [-0.1, -0.05) is 111 Å². The van der Waals surface area contributed by atoms with Crippen LogP contribution in [0.5, 0.6) is 11.5 Å². The predicted molar refractivity (Wildman–Crippen MR) is 168 cm³/mol. The molecule has 0 saturated carbocycles. The first-order valence-corrected chi connectivity index (χ1v) is 16.0. The quantitative estimate of drug-likeness (QED) is 0.233. The fourth-order valence-electron chi connectivity index (χ4n) is 5.39. The molecule has 0 radical (unpaired) electrons. The molecule has 0 aliphatic carbocycles. The van der Waals surface area contributed by atoms with Crippen LogP contribution in [0.15, 0.2) is 97.1 Å². The van der Waals surface area contributed by atoms with E-state index in [-0.39, 0.29) is 16.2 Å². The molecular weight excluding hydrogens is 517 g/mol. The highest BCUT2D eigenvalue weighted by Crippen LogP contribution is 2.52. The van der Waals surface area contributed by atoms with E-state index in [4.69, 9.17) is 4.74 Å². The van der Waals surface area contributed by atoms with Gasteiger partial charge in [0.1, 0.15) is 11.5 Å². The maximum absolute atomic E-state index is 13.3. The molecule has 4 aromatic carbocycles. The summed E-state index contributed by atoms with van der Waals surface area (Å²) in [6.07, 6.45) is 0. The smallest absolute Gasteiger partial charge is 0.139 e. The number of rotatable bonds is 6. The number of fused-ring (bicyclic) bond motifs is 2. The average molecular weight is 556 g/mol. The van der Waals surface area contributed by atoms with Gasteiger partial charge in [-0.25, -0.2) is 8.51 Å². The van der Waals surface area contributed by atoms with Crippen LogP contribution in [0.3, 0.4) is 0 Å². The van der Waals surface area contributed by atoms with E-state index in [0.717, 1.165) is 22.6 Å². The highest BCUT2D eigenvalue weighted by atomic mass is 32.2. The molecule has 5 rings (SSSR count). The normalized spacial score (nSPS) is 15.8. The first-order valence-electron chi connectivity index (χ1n) is 13.5. The van der Waals surface area contributed by atoms with Crippen LogP contribution in [0.4, 0.5) is 0 Å². The molecule has 3 nitrogen and oxygen atoms in total. The Morgan fingerprint density at radius 1 is 0.769 bits per heavy atom. The minimum absolute atomic E-state index is 0.0886. The molecule has 0 fully saturated rings. The summed E-state index contributed by atoms with van der Waals surface area (Å²) in [7, 11) is -0.0497. The molecule has 1 aliphatic rings. The third kappa shape index (κ3) is 5.11. The van der Waals surface area contributed by atoms with Gasteiger partial charge in [0.25, 0.3) is 0 Å². The summed E-state index contributed by atoms with van der Waals surface area (Å²) in [4.78, 5) is 0. The van der Waals surface area contributed by atoms with E-state index in [1.807, 2.05) is 32.1 Å². The van der Waals surface area contributed by atoms with E-state index in [0.29, 0.717) is 0 Å². The van der Waals surface area contributed by atoms with Gasteiger partial charge in [0, 0.05) is 40.5 Å². The number of benzene rings is 4. The molecule has 0 amide bonds. The molecule has 0 N–H and O–H groups in total. The minimum atomic E-state index is -1.16. The van der Waals surface area contributed by atoms with Crippen LogP contribution in [-0.4, -0.2) is 20.3 Å². The molecular formula is C34H38NO2PS. The van der Waals surface area contributed by atoms with Crippen LogP contribution in [-0.2, 0) is 16.4 Å².